The summed E-state index contributed by atoms with van der Waals surface area (Å²) in [7, 11) is 0. The molecule has 1 amide bonds. The van der Waals surface area contributed by atoms with Gasteiger partial charge in [-0.25, -0.2) is 4.39 Å². The Morgan fingerprint density at radius 1 is 1.26 bits per heavy atom. The predicted octanol–water partition coefficient (Wildman–Crippen LogP) is 4.78. The van der Waals surface area contributed by atoms with Crippen molar-refractivity contribution in [2.45, 2.75) is 4.90 Å². The molecule has 6 heteroatoms. The first-order chi connectivity index (χ1) is 8.97. The third kappa shape index (κ3) is 3.49. The maximum atomic E-state index is 13.0. The number of nitrogens with one attached hydrogen (secondary N) is 1. The van der Waals surface area contributed by atoms with Crippen molar-refractivity contribution in [3.8, 4) is 0 Å². The summed E-state index contributed by atoms with van der Waals surface area (Å²) in [4.78, 5) is 12.7. The van der Waals surface area contributed by atoms with Gasteiger partial charge in [0, 0.05) is 9.37 Å². The van der Waals surface area contributed by atoms with E-state index < -0.39 is 0 Å². The van der Waals surface area contributed by atoms with E-state index >= 15 is 0 Å². The number of thiol groups is 1. The van der Waals surface area contributed by atoms with E-state index in [-0.39, 0.29) is 11.7 Å². The standard InChI is InChI=1S/C13H8BrClFNOS/c14-10-5-7(16)1-4-12(10)17-13(18)9-6-8(19)2-3-11(9)15/h1-6,19H,(H,17,18). The summed E-state index contributed by atoms with van der Waals surface area (Å²) < 4.78 is 13.4. The number of carbonyl (C=O) groups is 1. The molecule has 0 aliphatic rings. The number of halogens is 3. The number of rotatable bonds is 2. The fourth-order valence-electron chi connectivity index (χ4n) is 1.47. The zero-order chi connectivity index (χ0) is 14.0. The molecule has 2 nitrogen and oxygen atoms in total. The zero-order valence-corrected chi connectivity index (χ0v) is 12.7. The normalized spacial score (nSPS) is 10.3. The highest BCUT2D eigenvalue weighted by Gasteiger charge is 2.12. The quantitative estimate of drug-likeness (QED) is 0.741. The third-order valence-corrected chi connectivity index (χ3v) is 3.64. The molecule has 0 spiro atoms. The number of benzene rings is 2. The van der Waals surface area contributed by atoms with Gasteiger partial charge in [-0.3, -0.25) is 4.79 Å². The van der Waals surface area contributed by atoms with E-state index in [0.29, 0.717) is 25.6 Å². The Labute approximate surface area is 128 Å². The van der Waals surface area contributed by atoms with Gasteiger partial charge in [-0.15, -0.1) is 12.6 Å². The topological polar surface area (TPSA) is 29.1 Å². The van der Waals surface area contributed by atoms with Gasteiger partial charge in [-0.1, -0.05) is 11.6 Å². The molecule has 0 saturated carbocycles. The largest absolute Gasteiger partial charge is 0.321 e. The minimum absolute atomic E-state index is 0.311. The number of carbonyl (C=O) groups excluding carboxylic acids is 1. The second-order valence-corrected chi connectivity index (χ2v) is 5.52. The minimum atomic E-state index is -0.389. The summed E-state index contributed by atoms with van der Waals surface area (Å²) in [6.45, 7) is 0. The third-order valence-electron chi connectivity index (χ3n) is 2.37. The first-order valence-electron chi connectivity index (χ1n) is 5.22. The Balaban J connectivity index is 2.28. The van der Waals surface area contributed by atoms with Crippen LogP contribution < -0.4 is 5.32 Å². The van der Waals surface area contributed by atoms with Crippen molar-refractivity contribution in [2.24, 2.45) is 0 Å². The van der Waals surface area contributed by atoms with Crippen LogP contribution in [0.25, 0.3) is 0 Å². The van der Waals surface area contributed by atoms with Gasteiger partial charge in [-0.05, 0) is 52.3 Å². The molecule has 19 heavy (non-hydrogen) atoms. The molecule has 0 bridgehead atoms. The average molecular weight is 361 g/mol. The van der Waals surface area contributed by atoms with E-state index in [1.165, 1.54) is 18.2 Å². The summed E-state index contributed by atoms with van der Waals surface area (Å²) in [5.74, 6) is -0.770. The number of hydrogen-bond acceptors (Lipinski definition) is 2. The van der Waals surface area contributed by atoms with Crippen LogP contribution in [0, 0.1) is 5.82 Å². The highest BCUT2D eigenvalue weighted by atomic mass is 79.9. The Hall–Kier alpha value is -1.04. The van der Waals surface area contributed by atoms with E-state index in [0.717, 1.165) is 0 Å². The van der Waals surface area contributed by atoms with Crippen LogP contribution in [0.5, 0.6) is 0 Å². The van der Waals surface area contributed by atoms with Crippen molar-refractivity contribution in [2.75, 3.05) is 5.32 Å². The van der Waals surface area contributed by atoms with Crippen LogP contribution in [-0.2, 0) is 0 Å². The van der Waals surface area contributed by atoms with Crippen LogP contribution in [0.2, 0.25) is 5.02 Å². The summed E-state index contributed by atoms with van der Waals surface area (Å²) in [5.41, 5.74) is 0.775. The Bertz CT molecular complexity index is 651. The molecule has 0 aromatic heterocycles. The second kappa shape index (κ2) is 5.94. The molecule has 98 valence electrons. The van der Waals surface area contributed by atoms with Crippen molar-refractivity contribution in [1.82, 2.24) is 0 Å². The highest BCUT2D eigenvalue weighted by molar-refractivity contribution is 9.10. The maximum absolute atomic E-state index is 13.0. The van der Waals surface area contributed by atoms with Crippen molar-refractivity contribution in [3.05, 3.63) is 57.3 Å². The SMILES string of the molecule is O=C(Nc1ccc(F)cc1Br)c1cc(S)ccc1Cl. The fraction of sp³-hybridized carbons (Fsp3) is 0. The summed E-state index contributed by atoms with van der Waals surface area (Å²) in [5, 5.41) is 2.98. The van der Waals surface area contributed by atoms with Crippen LogP contribution in [0.1, 0.15) is 10.4 Å². The molecule has 0 atom stereocenters. The second-order valence-electron chi connectivity index (χ2n) is 3.74. The lowest BCUT2D eigenvalue weighted by Gasteiger charge is -2.09. The lowest BCUT2D eigenvalue weighted by Crippen LogP contribution is -2.13. The number of anilines is 1. The highest BCUT2D eigenvalue weighted by Crippen LogP contribution is 2.25. The van der Waals surface area contributed by atoms with Crippen molar-refractivity contribution < 1.29 is 9.18 Å². The maximum Gasteiger partial charge on any atom is 0.257 e. The molecule has 0 fully saturated rings. The minimum Gasteiger partial charge on any atom is -0.321 e. The van der Waals surface area contributed by atoms with E-state index in [4.69, 9.17) is 11.6 Å². The molecule has 0 saturated heterocycles. The van der Waals surface area contributed by atoms with Gasteiger partial charge >= 0.3 is 0 Å². The van der Waals surface area contributed by atoms with Crippen LogP contribution >= 0.6 is 40.2 Å². The van der Waals surface area contributed by atoms with Gasteiger partial charge in [0.05, 0.1) is 16.3 Å². The molecule has 0 radical (unpaired) electrons. The monoisotopic (exact) mass is 359 g/mol. The molecule has 0 aliphatic heterocycles. The van der Waals surface area contributed by atoms with Gasteiger partial charge < -0.3 is 5.32 Å². The summed E-state index contributed by atoms with van der Waals surface area (Å²) in [6, 6.07) is 8.85. The van der Waals surface area contributed by atoms with Crippen LogP contribution in [0.4, 0.5) is 10.1 Å². The van der Waals surface area contributed by atoms with Gasteiger partial charge in [-0.2, -0.15) is 0 Å². The lowest BCUT2D eigenvalue weighted by molar-refractivity contribution is 0.102. The lowest BCUT2D eigenvalue weighted by atomic mass is 10.2. The molecular weight excluding hydrogens is 353 g/mol. The molecule has 0 heterocycles. The average Bonchev–Trinajstić information content (AvgIpc) is 2.35. The molecule has 2 aromatic carbocycles. The summed E-state index contributed by atoms with van der Waals surface area (Å²) >= 11 is 13.3. The van der Waals surface area contributed by atoms with E-state index in [9.17, 15) is 9.18 Å². The first-order valence-corrected chi connectivity index (χ1v) is 6.84. The molecular formula is C13H8BrClFNOS. The van der Waals surface area contributed by atoms with Gasteiger partial charge in [0.2, 0.25) is 0 Å². The Kier molecular flexibility index (Phi) is 4.50. The smallest absolute Gasteiger partial charge is 0.257 e. The number of hydrogen-bond donors (Lipinski definition) is 2. The van der Waals surface area contributed by atoms with Gasteiger partial charge in [0.1, 0.15) is 5.82 Å². The number of amides is 1. The molecule has 2 aromatic rings. The van der Waals surface area contributed by atoms with Crippen LogP contribution in [0.3, 0.4) is 0 Å². The van der Waals surface area contributed by atoms with Crippen LogP contribution in [-0.4, -0.2) is 5.91 Å². The van der Waals surface area contributed by atoms with Crippen molar-refractivity contribution >= 4 is 51.8 Å². The molecule has 0 aliphatic carbocycles. The predicted molar refractivity (Wildman–Crippen MR) is 80.8 cm³/mol. The molecule has 0 unspecified atom stereocenters. The van der Waals surface area contributed by atoms with Gasteiger partial charge in [0.15, 0.2) is 0 Å². The van der Waals surface area contributed by atoms with E-state index in [2.05, 4.69) is 33.9 Å². The van der Waals surface area contributed by atoms with Crippen molar-refractivity contribution in [3.63, 3.8) is 0 Å². The molecule has 1 N–H and O–H groups in total. The first kappa shape index (κ1) is 14.4. The van der Waals surface area contributed by atoms with Gasteiger partial charge in [0.25, 0.3) is 5.91 Å². The summed E-state index contributed by atoms with van der Waals surface area (Å²) in [6.07, 6.45) is 0. The van der Waals surface area contributed by atoms with Crippen LogP contribution in [0.15, 0.2) is 45.8 Å². The van der Waals surface area contributed by atoms with E-state index in [1.54, 1.807) is 18.2 Å². The van der Waals surface area contributed by atoms with Crippen molar-refractivity contribution in [1.29, 1.82) is 0 Å². The van der Waals surface area contributed by atoms with E-state index in [1.807, 2.05) is 0 Å². The fourth-order valence-corrected chi connectivity index (χ4v) is 2.32. The Morgan fingerprint density at radius 2 is 2.00 bits per heavy atom. The Morgan fingerprint density at radius 3 is 2.68 bits per heavy atom. The molecule has 2 rings (SSSR count). The zero-order valence-electron chi connectivity index (χ0n) is 9.45.